The van der Waals surface area contributed by atoms with E-state index in [9.17, 15) is 13.6 Å². The summed E-state index contributed by atoms with van der Waals surface area (Å²) in [6, 6.07) is 5.37. The Morgan fingerprint density at radius 2 is 1.97 bits per heavy atom. The van der Waals surface area contributed by atoms with Gasteiger partial charge in [-0.3, -0.25) is 9.20 Å². The van der Waals surface area contributed by atoms with Crippen LogP contribution in [0.5, 0.6) is 5.75 Å². The van der Waals surface area contributed by atoms with E-state index in [1.807, 2.05) is 20.8 Å². The predicted molar refractivity (Wildman–Crippen MR) is 111 cm³/mol. The molecule has 0 bridgehead atoms. The van der Waals surface area contributed by atoms with Crippen LogP contribution in [0.4, 0.5) is 8.78 Å². The second-order valence-electron chi connectivity index (χ2n) is 7.80. The lowest BCUT2D eigenvalue weighted by molar-refractivity contribution is 0.0937. The van der Waals surface area contributed by atoms with Crippen LogP contribution in [0.25, 0.3) is 5.65 Å². The van der Waals surface area contributed by atoms with Crippen molar-refractivity contribution in [3.63, 3.8) is 0 Å². The minimum atomic E-state index is -0.681. The maximum Gasteiger partial charge on any atom is 0.270 e. The molecular formula is C22H26F2N4O2. The minimum Gasteiger partial charge on any atom is -0.485 e. The number of imidazole rings is 1. The van der Waals surface area contributed by atoms with E-state index in [0.29, 0.717) is 35.8 Å². The van der Waals surface area contributed by atoms with Gasteiger partial charge in [0.2, 0.25) is 0 Å². The molecule has 8 heteroatoms. The monoisotopic (exact) mass is 416 g/mol. The van der Waals surface area contributed by atoms with Gasteiger partial charge in [0, 0.05) is 18.3 Å². The zero-order valence-electron chi connectivity index (χ0n) is 17.6. The van der Waals surface area contributed by atoms with Gasteiger partial charge >= 0.3 is 0 Å². The SMILES string of the molecule is CC[C@@](C)(N)CNC(=O)c1c(C)nc2c(OCc3c(F)cccc3F)cc(C)cn12. The quantitative estimate of drug-likeness (QED) is 0.616. The number of nitrogens with one attached hydrogen (secondary N) is 1. The highest BCUT2D eigenvalue weighted by atomic mass is 19.1. The van der Waals surface area contributed by atoms with Gasteiger partial charge in [-0.2, -0.15) is 0 Å². The Kier molecular flexibility index (Phi) is 6.07. The number of hydrogen-bond donors (Lipinski definition) is 2. The first kappa shape index (κ1) is 21.7. The maximum absolute atomic E-state index is 13.9. The van der Waals surface area contributed by atoms with E-state index in [0.717, 1.165) is 5.56 Å². The van der Waals surface area contributed by atoms with Crippen LogP contribution in [0.2, 0.25) is 0 Å². The highest BCUT2D eigenvalue weighted by Gasteiger charge is 2.23. The van der Waals surface area contributed by atoms with Crippen LogP contribution in [0.15, 0.2) is 30.5 Å². The number of benzene rings is 1. The summed E-state index contributed by atoms with van der Waals surface area (Å²) in [5.74, 6) is -1.34. The summed E-state index contributed by atoms with van der Waals surface area (Å²) < 4.78 is 35.2. The molecule has 3 aromatic rings. The largest absolute Gasteiger partial charge is 0.485 e. The number of aryl methyl sites for hydroxylation is 2. The molecule has 1 amide bonds. The Morgan fingerprint density at radius 3 is 2.60 bits per heavy atom. The van der Waals surface area contributed by atoms with Gasteiger partial charge in [0.1, 0.15) is 23.9 Å². The van der Waals surface area contributed by atoms with E-state index in [1.54, 1.807) is 23.6 Å². The smallest absolute Gasteiger partial charge is 0.270 e. The number of halogens is 2. The minimum absolute atomic E-state index is 0.166. The van der Waals surface area contributed by atoms with E-state index < -0.39 is 17.2 Å². The molecule has 2 aromatic heterocycles. The summed E-state index contributed by atoms with van der Waals surface area (Å²) in [6.07, 6.45) is 2.48. The van der Waals surface area contributed by atoms with Gasteiger partial charge in [0.25, 0.3) is 5.91 Å². The van der Waals surface area contributed by atoms with Crippen molar-refractivity contribution in [1.29, 1.82) is 0 Å². The first-order chi connectivity index (χ1) is 14.1. The number of carbonyl (C=O) groups is 1. The molecule has 0 aliphatic heterocycles. The Hall–Kier alpha value is -3.00. The third kappa shape index (κ3) is 4.43. The molecule has 6 nitrogen and oxygen atoms in total. The number of ether oxygens (including phenoxy) is 1. The second kappa shape index (κ2) is 8.39. The molecule has 0 saturated heterocycles. The molecule has 0 fully saturated rings. The number of hydrogen-bond acceptors (Lipinski definition) is 4. The fraction of sp³-hybridized carbons (Fsp3) is 0.364. The molecule has 3 rings (SSSR count). The number of aromatic nitrogens is 2. The van der Waals surface area contributed by atoms with Crippen LogP contribution in [-0.2, 0) is 6.61 Å². The maximum atomic E-state index is 13.9. The first-order valence-corrected chi connectivity index (χ1v) is 9.75. The summed E-state index contributed by atoms with van der Waals surface area (Å²) in [7, 11) is 0. The summed E-state index contributed by atoms with van der Waals surface area (Å²) in [4.78, 5) is 17.3. The zero-order chi connectivity index (χ0) is 22.1. The molecular weight excluding hydrogens is 390 g/mol. The van der Waals surface area contributed by atoms with Crippen LogP contribution in [-0.4, -0.2) is 27.4 Å². The number of amides is 1. The standard InChI is InChI=1S/C22H26F2N4O2/c1-5-22(4,25)12-26-21(29)19-14(3)27-20-18(9-13(2)10-28(19)20)30-11-15-16(23)7-6-8-17(15)24/h6-10H,5,11-12,25H2,1-4H3,(H,26,29)/t22-/m1/s1. The molecule has 1 atom stereocenters. The number of fused-ring (bicyclic) bond motifs is 1. The van der Waals surface area contributed by atoms with Gasteiger partial charge in [-0.05, 0) is 51.0 Å². The molecule has 0 aliphatic rings. The topological polar surface area (TPSA) is 81.6 Å². The van der Waals surface area contributed by atoms with Gasteiger partial charge in [-0.25, -0.2) is 13.8 Å². The number of carbonyl (C=O) groups excluding carboxylic acids is 1. The van der Waals surface area contributed by atoms with Crippen molar-refractivity contribution >= 4 is 11.6 Å². The Bertz CT molecular complexity index is 1070. The molecule has 2 heterocycles. The van der Waals surface area contributed by atoms with E-state index >= 15 is 0 Å². The Balaban J connectivity index is 1.93. The number of rotatable bonds is 7. The zero-order valence-corrected chi connectivity index (χ0v) is 17.6. The number of nitrogens with two attached hydrogens (primary N) is 1. The molecule has 0 saturated carbocycles. The fourth-order valence-electron chi connectivity index (χ4n) is 3.05. The van der Waals surface area contributed by atoms with Crippen LogP contribution < -0.4 is 15.8 Å². The summed E-state index contributed by atoms with van der Waals surface area (Å²) >= 11 is 0. The Morgan fingerprint density at radius 1 is 1.30 bits per heavy atom. The van der Waals surface area contributed by atoms with Crippen molar-refractivity contribution in [3.05, 3.63) is 64.6 Å². The van der Waals surface area contributed by atoms with Crippen LogP contribution in [0.1, 0.15) is 47.6 Å². The van der Waals surface area contributed by atoms with Gasteiger partial charge in [-0.15, -0.1) is 0 Å². The summed E-state index contributed by atoms with van der Waals surface area (Å²) in [6.45, 7) is 7.40. The van der Waals surface area contributed by atoms with E-state index in [1.165, 1.54) is 18.2 Å². The molecule has 0 spiro atoms. The molecule has 3 N–H and O–H groups in total. The molecule has 1 aromatic carbocycles. The number of nitrogens with zero attached hydrogens (tertiary/aromatic N) is 2. The number of pyridine rings is 1. The highest BCUT2D eigenvalue weighted by Crippen LogP contribution is 2.26. The molecule has 30 heavy (non-hydrogen) atoms. The van der Waals surface area contributed by atoms with Gasteiger partial charge in [-0.1, -0.05) is 13.0 Å². The molecule has 0 aliphatic carbocycles. The van der Waals surface area contributed by atoms with Gasteiger partial charge in [0.05, 0.1) is 11.3 Å². The van der Waals surface area contributed by atoms with E-state index in [-0.39, 0.29) is 18.1 Å². The van der Waals surface area contributed by atoms with Crippen LogP contribution >= 0.6 is 0 Å². The average Bonchev–Trinajstić information content (AvgIpc) is 3.01. The first-order valence-electron chi connectivity index (χ1n) is 9.75. The normalized spacial score (nSPS) is 13.3. The van der Waals surface area contributed by atoms with Crippen molar-refractivity contribution in [2.75, 3.05) is 6.54 Å². The van der Waals surface area contributed by atoms with Crippen molar-refractivity contribution in [1.82, 2.24) is 14.7 Å². The van der Waals surface area contributed by atoms with Crippen molar-refractivity contribution in [2.24, 2.45) is 5.73 Å². The van der Waals surface area contributed by atoms with Gasteiger partial charge in [0.15, 0.2) is 11.4 Å². The highest BCUT2D eigenvalue weighted by molar-refractivity contribution is 5.95. The Labute approximate surface area is 174 Å². The third-order valence-electron chi connectivity index (χ3n) is 5.11. The summed E-state index contributed by atoms with van der Waals surface area (Å²) in [5, 5.41) is 2.86. The molecule has 0 radical (unpaired) electrons. The summed E-state index contributed by atoms with van der Waals surface area (Å²) in [5.41, 5.74) is 7.50. The lowest BCUT2D eigenvalue weighted by Crippen LogP contribution is -2.47. The second-order valence-corrected chi connectivity index (χ2v) is 7.80. The van der Waals surface area contributed by atoms with Crippen LogP contribution in [0.3, 0.4) is 0 Å². The average molecular weight is 416 g/mol. The van der Waals surface area contributed by atoms with E-state index in [2.05, 4.69) is 10.3 Å². The van der Waals surface area contributed by atoms with Crippen molar-refractivity contribution in [2.45, 2.75) is 46.3 Å². The predicted octanol–water partition coefficient (Wildman–Crippen LogP) is 3.67. The van der Waals surface area contributed by atoms with E-state index in [4.69, 9.17) is 10.5 Å². The fourth-order valence-corrected chi connectivity index (χ4v) is 3.05. The molecule has 0 unspecified atom stereocenters. The van der Waals surface area contributed by atoms with Gasteiger partial charge < -0.3 is 15.8 Å². The van der Waals surface area contributed by atoms with Crippen molar-refractivity contribution in [3.8, 4) is 5.75 Å². The van der Waals surface area contributed by atoms with Crippen molar-refractivity contribution < 1.29 is 18.3 Å². The molecule has 160 valence electrons. The van der Waals surface area contributed by atoms with Crippen LogP contribution in [0, 0.1) is 25.5 Å². The lowest BCUT2D eigenvalue weighted by atomic mass is 10.0. The third-order valence-corrected chi connectivity index (χ3v) is 5.11. The lowest BCUT2D eigenvalue weighted by Gasteiger charge is -2.22.